The Morgan fingerprint density at radius 1 is 1.50 bits per heavy atom. The molecule has 0 spiro atoms. The summed E-state index contributed by atoms with van der Waals surface area (Å²) in [6.07, 6.45) is 0.933. The van der Waals surface area contributed by atoms with Gasteiger partial charge in [0.05, 0.1) is 6.54 Å². The van der Waals surface area contributed by atoms with E-state index < -0.39 is 0 Å². The van der Waals surface area contributed by atoms with Crippen molar-refractivity contribution >= 4 is 17.3 Å². The first-order valence-electron chi connectivity index (χ1n) is 6.97. The fourth-order valence-electron chi connectivity index (χ4n) is 1.70. The lowest BCUT2D eigenvalue weighted by molar-refractivity contribution is 0.145. The van der Waals surface area contributed by atoms with E-state index >= 15 is 0 Å². The van der Waals surface area contributed by atoms with Crippen molar-refractivity contribution in [1.82, 2.24) is 10.7 Å². The first kappa shape index (κ1) is 16.9. The number of nitrogens with two attached hydrogens (primary N) is 1. The Labute approximate surface area is 125 Å². The summed E-state index contributed by atoms with van der Waals surface area (Å²) in [7, 11) is 0. The standard InChI is InChI=1S/C14H26N4OS/c1-4-19-9-6-8-16-13(18-15)17-11-14(2,3)12-7-5-10-20-12/h5,7,10H,4,6,8-9,11,15H2,1-3H3,(H2,16,17,18). The Bertz CT molecular complexity index is 390. The number of hydrogen-bond donors (Lipinski definition) is 3. The molecule has 0 aliphatic rings. The van der Waals surface area contributed by atoms with Crippen LogP contribution in [-0.4, -0.2) is 32.3 Å². The number of ether oxygens (including phenoxy) is 1. The maximum atomic E-state index is 5.49. The molecule has 0 fully saturated rings. The third kappa shape index (κ3) is 5.90. The van der Waals surface area contributed by atoms with Crippen LogP contribution in [0, 0.1) is 0 Å². The quantitative estimate of drug-likeness (QED) is 0.225. The van der Waals surface area contributed by atoms with Crippen molar-refractivity contribution in [2.45, 2.75) is 32.6 Å². The summed E-state index contributed by atoms with van der Waals surface area (Å²) in [4.78, 5) is 5.85. The fourth-order valence-corrected chi connectivity index (χ4v) is 2.54. The number of rotatable bonds is 8. The van der Waals surface area contributed by atoms with Gasteiger partial charge in [-0.3, -0.25) is 10.4 Å². The molecule has 0 unspecified atom stereocenters. The van der Waals surface area contributed by atoms with E-state index in [0.717, 1.165) is 26.2 Å². The number of nitrogens with zero attached hydrogens (tertiary/aromatic N) is 1. The third-order valence-corrected chi connectivity index (χ3v) is 4.16. The smallest absolute Gasteiger partial charge is 0.205 e. The highest BCUT2D eigenvalue weighted by molar-refractivity contribution is 7.10. The minimum atomic E-state index is 0.0171. The first-order chi connectivity index (χ1) is 9.60. The van der Waals surface area contributed by atoms with E-state index in [-0.39, 0.29) is 5.41 Å². The second-order valence-electron chi connectivity index (χ2n) is 5.15. The highest BCUT2D eigenvalue weighted by Gasteiger charge is 2.21. The molecule has 0 aliphatic carbocycles. The summed E-state index contributed by atoms with van der Waals surface area (Å²) in [6, 6.07) is 4.21. The Balaban J connectivity index is 2.40. The van der Waals surface area contributed by atoms with Crippen LogP contribution < -0.4 is 16.6 Å². The van der Waals surface area contributed by atoms with Gasteiger partial charge in [0, 0.05) is 30.1 Å². The molecule has 0 atom stereocenters. The van der Waals surface area contributed by atoms with Gasteiger partial charge in [-0.25, -0.2) is 5.84 Å². The first-order valence-corrected chi connectivity index (χ1v) is 7.84. The van der Waals surface area contributed by atoms with E-state index in [4.69, 9.17) is 10.6 Å². The van der Waals surface area contributed by atoms with E-state index in [1.165, 1.54) is 4.88 Å². The molecule has 1 aromatic rings. The lowest BCUT2D eigenvalue weighted by Gasteiger charge is -2.21. The highest BCUT2D eigenvalue weighted by atomic mass is 32.1. The predicted octanol–water partition coefficient (Wildman–Crippen LogP) is 1.86. The molecule has 6 heteroatoms. The van der Waals surface area contributed by atoms with Crippen LogP contribution in [0.4, 0.5) is 0 Å². The molecule has 0 aliphatic heterocycles. The normalized spacial score (nSPS) is 12.5. The second kappa shape index (κ2) is 8.94. The van der Waals surface area contributed by atoms with Gasteiger partial charge in [0.25, 0.3) is 0 Å². The van der Waals surface area contributed by atoms with Crippen LogP contribution >= 0.6 is 11.3 Å². The summed E-state index contributed by atoms with van der Waals surface area (Å²) >= 11 is 1.76. The van der Waals surface area contributed by atoms with E-state index in [9.17, 15) is 0 Å². The van der Waals surface area contributed by atoms with E-state index in [1.807, 2.05) is 6.92 Å². The van der Waals surface area contributed by atoms with Crippen LogP contribution in [0.15, 0.2) is 22.5 Å². The fraction of sp³-hybridized carbons (Fsp3) is 0.643. The zero-order valence-electron chi connectivity index (χ0n) is 12.6. The zero-order chi connectivity index (χ0) is 14.8. The molecule has 1 heterocycles. The van der Waals surface area contributed by atoms with Crippen molar-refractivity contribution in [2.75, 3.05) is 26.3 Å². The SMILES string of the molecule is CCOCCCNC(=NCC(C)(C)c1cccs1)NN. The van der Waals surface area contributed by atoms with Gasteiger partial charge in [0.15, 0.2) is 0 Å². The Hall–Kier alpha value is -1.11. The van der Waals surface area contributed by atoms with E-state index in [2.05, 4.69) is 47.1 Å². The molecule has 1 aromatic heterocycles. The van der Waals surface area contributed by atoms with Crippen molar-refractivity contribution < 1.29 is 4.74 Å². The number of thiophene rings is 1. The molecule has 0 radical (unpaired) electrons. The second-order valence-corrected chi connectivity index (χ2v) is 6.10. The minimum Gasteiger partial charge on any atom is -0.382 e. The van der Waals surface area contributed by atoms with Crippen LogP contribution in [0.5, 0.6) is 0 Å². The topological polar surface area (TPSA) is 71.7 Å². The van der Waals surface area contributed by atoms with E-state index in [1.54, 1.807) is 11.3 Å². The van der Waals surface area contributed by atoms with Crippen molar-refractivity contribution in [1.29, 1.82) is 0 Å². The summed E-state index contributed by atoms with van der Waals surface area (Å²) in [5.41, 5.74) is 2.63. The van der Waals surface area contributed by atoms with Crippen molar-refractivity contribution in [3.63, 3.8) is 0 Å². The van der Waals surface area contributed by atoms with Gasteiger partial charge in [0.1, 0.15) is 0 Å². The number of nitrogens with one attached hydrogen (secondary N) is 2. The van der Waals surface area contributed by atoms with Crippen LogP contribution in [0.2, 0.25) is 0 Å². The van der Waals surface area contributed by atoms with Crippen LogP contribution in [0.25, 0.3) is 0 Å². The summed E-state index contributed by atoms with van der Waals surface area (Å²) in [5.74, 6) is 6.12. The molecule has 1 rings (SSSR count). The van der Waals surface area contributed by atoms with Crippen LogP contribution in [-0.2, 0) is 10.2 Å². The largest absolute Gasteiger partial charge is 0.382 e. The number of aliphatic imine (C=N–C) groups is 1. The van der Waals surface area contributed by atoms with Crippen LogP contribution in [0.3, 0.4) is 0 Å². The molecule has 0 saturated carbocycles. The zero-order valence-corrected chi connectivity index (χ0v) is 13.4. The van der Waals surface area contributed by atoms with Gasteiger partial charge in [-0.2, -0.15) is 0 Å². The van der Waals surface area contributed by atoms with Gasteiger partial charge in [-0.05, 0) is 24.8 Å². The van der Waals surface area contributed by atoms with Gasteiger partial charge in [0.2, 0.25) is 5.96 Å². The average molecular weight is 298 g/mol. The van der Waals surface area contributed by atoms with Crippen molar-refractivity contribution in [3.05, 3.63) is 22.4 Å². The summed E-state index contributed by atoms with van der Waals surface area (Å²) < 4.78 is 5.28. The van der Waals surface area contributed by atoms with Gasteiger partial charge >= 0.3 is 0 Å². The maximum absolute atomic E-state index is 5.49. The number of hydrogen-bond acceptors (Lipinski definition) is 4. The molecule has 4 N–H and O–H groups in total. The molecule has 0 amide bonds. The monoisotopic (exact) mass is 298 g/mol. The van der Waals surface area contributed by atoms with Crippen LogP contribution in [0.1, 0.15) is 32.1 Å². The summed E-state index contributed by atoms with van der Waals surface area (Å²) in [5, 5.41) is 5.28. The van der Waals surface area contributed by atoms with Crippen molar-refractivity contribution in [2.24, 2.45) is 10.8 Å². The number of hydrazine groups is 1. The molecular weight excluding hydrogens is 272 g/mol. The molecule has 114 valence electrons. The lowest BCUT2D eigenvalue weighted by atomic mass is 9.92. The van der Waals surface area contributed by atoms with Gasteiger partial charge in [-0.1, -0.05) is 19.9 Å². The average Bonchev–Trinajstić information content (AvgIpc) is 2.97. The Morgan fingerprint density at radius 2 is 2.30 bits per heavy atom. The lowest BCUT2D eigenvalue weighted by Crippen LogP contribution is -2.43. The molecule has 20 heavy (non-hydrogen) atoms. The molecule has 0 aromatic carbocycles. The van der Waals surface area contributed by atoms with Gasteiger partial charge in [-0.15, -0.1) is 11.3 Å². The van der Waals surface area contributed by atoms with Crippen molar-refractivity contribution in [3.8, 4) is 0 Å². The molecule has 5 nitrogen and oxygen atoms in total. The number of guanidine groups is 1. The minimum absolute atomic E-state index is 0.0171. The third-order valence-electron chi connectivity index (χ3n) is 2.92. The molecular formula is C14H26N4OS. The summed E-state index contributed by atoms with van der Waals surface area (Å²) in [6.45, 7) is 9.35. The maximum Gasteiger partial charge on any atom is 0.205 e. The Morgan fingerprint density at radius 3 is 2.90 bits per heavy atom. The predicted molar refractivity (Wildman–Crippen MR) is 86.1 cm³/mol. The highest BCUT2D eigenvalue weighted by Crippen LogP contribution is 2.27. The van der Waals surface area contributed by atoms with E-state index in [0.29, 0.717) is 12.5 Å². The van der Waals surface area contributed by atoms with Gasteiger partial charge < -0.3 is 10.1 Å². The molecule has 0 bridgehead atoms. The molecule has 0 saturated heterocycles. The Kier molecular flexibility index (Phi) is 7.58.